The highest BCUT2D eigenvalue weighted by molar-refractivity contribution is 7.91. The van der Waals surface area contributed by atoms with E-state index in [0.29, 0.717) is 32.2 Å². The number of carbonyl (C=O) groups is 1. The molecule has 0 aromatic carbocycles. The lowest BCUT2D eigenvalue weighted by molar-refractivity contribution is 0.0937. The summed E-state index contributed by atoms with van der Waals surface area (Å²) in [6.07, 6.45) is 2.71. The quantitative estimate of drug-likeness (QED) is 0.844. The summed E-state index contributed by atoms with van der Waals surface area (Å²) in [5.41, 5.74) is -0.858. The molecule has 6 nitrogen and oxygen atoms in total. The van der Waals surface area contributed by atoms with Gasteiger partial charge in [0.15, 0.2) is 9.84 Å². The van der Waals surface area contributed by atoms with Gasteiger partial charge in [-0.2, -0.15) is 0 Å². The zero-order valence-electron chi connectivity index (χ0n) is 13.0. The maximum atomic E-state index is 13.1. The van der Waals surface area contributed by atoms with E-state index in [4.69, 9.17) is 0 Å². The second kappa shape index (κ2) is 7.25. The fourth-order valence-electron chi connectivity index (χ4n) is 2.64. The van der Waals surface area contributed by atoms with Gasteiger partial charge in [0.05, 0.1) is 10.6 Å². The van der Waals surface area contributed by atoms with Crippen LogP contribution in [0.4, 0.5) is 4.39 Å². The van der Waals surface area contributed by atoms with Crippen LogP contribution < -0.4 is 10.9 Å². The Bertz CT molecular complexity index is 721. The van der Waals surface area contributed by atoms with E-state index in [1.165, 1.54) is 6.92 Å². The number of pyridine rings is 1. The molecule has 128 valence electrons. The first-order valence-corrected chi connectivity index (χ1v) is 9.36. The van der Waals surface area contributed by atoms with Gasteiger partial charge in [0, 0.05) is 12.7 Å². The number of hydrogen-bond acceptors (Lipinski definition) is 4. The summed E-state index contributed by atoms with van der Waals surface area (Å²) in [7, 11) is -3.50. The molecular formula is C15H21FN2O4S. The highest BCUT2D eigenvalue weighted by Gasteiger charge is 2.22. The van der Waals surface area contributed by atoms with Gasteiger partial charge >= 0.3 is 0 Å². The van der Waals surface area contributed by atoms with Gasteiger partial charge in [-0.1, -0.05) is 6.92 Å². The fourth-order valence-corrected chi connectivity index (χ4v) is 3.51. The Labute approximate surface area is 134 Å². The number of alkyl halides is 1. The molecule has 8 heteroatoms. The third-order valence-corrected chi connectivity index (χ3v) is 5.90. The van der Waals surface area contributed by atoms with Gasteiger partial charge in [-0.05, 0) is 37.7 Å². The van der Waals surface area contributed by atoms with Crippen molar-refractivity contribution in [3.8, 4) is 0 Å². The lowest BCUT2D eigenvalue weighted by Crippen LogP contribution is -2.34. The first-order chi connectivity index (χ1) is 10.8. The van der Waals surface area contributed by atoms with Gasteiger partial charge in [-0.3, -0.25) is 9.59 Å². The Hall–Kier alpha value is -1.70. The minimum Gasteiger partial charge on any atom is -0.352 e. The van der Waals surface area contributed by atoms with E-state index in [1.807, 2.05) is 0 Å². The number of hydrogen-bond donors (Lipinski definition) is 2. The molecule has 1 saturated carbocycles. The number of aromatic amines is 1. The van der Waals surface area contributed by atoms with Crippen LogP contribution in [0.25, 0.3) is 0 Å². The average Bonchev–Trinajstić information content (AvgIpc) is 2.54. The van der Waals surface area contributed by atoms with Crippen LogP contribution in [-0.2, 0) is 9.84 Å². The summed E-state index contributed by atoms with van der Waals surface area (Å²) in [5.74, 6) is -0.540. The van der Waals surface area contributed by atoms with Crippen LogP contribution in [0.5, 0.6) is 0 Å². The monoisotopic (exact) mass is 344 g/mol. The second-order valence-electron chi connectivity index (χ2n) is 5.81. The standard InChI is InChI=1S/C15H21FN2O4S/c1-2-23(21,22)12-7-13(15(20)18-9-12)14(19)17-8-10-3-5-11(16)6-4-10/h7,9-11H,2-6,8H2,1H3,(H,17,19)(H,18,20). The van der Waals surface area contributed by atoms with Gasteiger partial charge in [0.2, 0.25) is 0 Å². The van der Waals surface area contributed by atoms with Crippen LogP contribution in [0.3, 0.4) is 0 Å². The van der Waals surface area contributed by atoms with Gasteiger partial charge in [-0.15, -0.1) is 0 Å². The summed E-state index contributed by atoms with van der Waals surface area (Å²) in [6, 6.07) is 1.10. The third-order valence-electron chi connectivity index (χ3n) is 4.19. The number of nitrogens with one attached hydrogen (secondary N) is 2. The zero-order valence-corrected chi connectivity index (χ0v) is 13.8. The highest BCUT2D eigenvalue weighted by atomic mass is 32.2. The summed E-state index contributed by atoms with van der Waals surface area (Å²) >= 11 is 0. The molecule has 23 heavy (non-hydrogen) atoms. The number of carbonyl (C=O) groups excluding carboxylic acids is 1. The zero-order chi connectivity index (χ0) is 17.0. The number of rotatable bonds is 5. The van der Waals surface area contributed by atoms with Crippen LogP contribution in [0, 0.1) is 5.92 Å². The number of H-pyrrole nitrogens is 1. The molecule has 1 aromatic rings. The number of aromatic nitrogens is 1. The molecule has 0 spiro atoms. The maximum Gasteiger partial charge on any atom is 0.260 e. The molecule has 0 radical (unpaired) electrons. The van der Waals surface area contributed by atoms with Crippen molar-refractivity contribution in [3.63, 3.8) is 0 Å². The van der Waals surface area contributed by atoms with Crippen molar-refractivity contribution in [2.45, 2.75) is 43.7 Å². The number of amides is 1. The molecule has 1 amide bonds. The van der Waals surface area contributed by atoms with Crippen molar-refractivity contribution < 1.29 is 17.6 Å². The summed E-state index contributed by atoms with van der Waals surface area (Å²) in [4.78, 5) is 26.1. The van der Waals surface area contributed by atoms with E-state index in [0.717, 1.165) is 12.3 Å². The molecule has 0 unspecified atom stereocenters. The van der Waals surface area contributed by atoms with Gasteiger partial charge in [0.25, 0.3) is 11.5 Å². The Morgan fingerprint density at radius 3 is 2.61 bits per heavy atom. The van der Waals surface area contributed by atoms with Crippen molar-refractivity contribution in [1.82, 2.24) is 10.3 Å². The summed E-state index contributed by atoms with van der Waals surface area (Å²) < 4.78 is 36.7. The smallest absolute Gasteiger partial charge is 0.260 e. The Kier molecular flexibility index (Phi) is 5.56. The molecular weight excluding hydrogens is 323 g/mol. The molecule has 2 N–H and O–H groups in total. The number of sulfone groups is 1. The van der Waals surface area contributed by atoms with Crippen LogP contribution in [0.1, 0.15) is 43.0 Å². The van der Waals surface area contributed by atoms with Crippen molar-refractivity contribution in [2.75, 3.05) is 12.3 Å². The molecule has 1 aliphatic carbocycles. The van der Waals surface area contributed by atoms with E-state index in [2.05, 4.69) is 10.3 Å². The van der Waals surface area contributed by atoms with Crippen LogP contribution >= 0.6 is 0 Å². The van der Waals surface area contributed by atoms with Crippen molar-refractivity contribution in [3.05, 3.63) is 28.2 Å². The first kappa shape index (κ1) is 17.7. The maximum absolute atomic E-state index is 13.1. The van der Waals surface area contributed by atoms with Crippen molar-refractivity contribution >= 4 is 15.7 Å². The molecule has 1 heterocycles. The SMILES string of the molecule is CCS(=O)(=O)c1c[nH]c(=O)c(C(=O)NCC2CCC(F)CC2)c1. The van der Waals surface area contributed by atoms with Gasteiger partial charge in [-0.25, -0.2) is 12.8 Å². The molecule has 2 rings (SSSR count). The first-order valence-electron chi connectivity index (χ1n) is 7.71. The Morgan fingerprint density at radius 2 is 2.00 bits per heavy atom. The normalized spacial score (nSPS) is 21.8. The molecule has 1 aliphatic rings. The average molecular weight is 344 g/mol. The summed E-state index contributed by atoms with van der Waals surface area (Å²) in [6.45, 7) is 1.84. The minimum absolute atomic E-state index is 0.0808. The highest BCUT2D eigenvalue weighted by Crippen LogP contribution is 2.25. The van der Waals surface area contributed by atoms with E-state index in [9.17, 15) is 22.4 Å². The molecule has 0 bridgehead atoms. The van der Waals surface area contributed by atoms with Gasteiger partial charge in [0.1, 0.15) is 11.7 Å². The fraction of sp³-hybridized carbons (Fsp3) is 0.600. The van der Waals surface area contributed by atoms with E-state index < -0.39 is 27.5 Å². The second-order valence-corrected chi connectivity index (χ2v) is 8.09. The lowest BCUT2D eigenvalue weighted by Gasteiger charge is -2.24. The topological polar surface area (TPSA) is 96.1 Å². The lowest BCUT2D eigenvalue weighted by atomic mass is 9.88. The third kappa shape index (κ3) is 4.40. The van der Waals surface area contributed by atoms with E-state index in [1.54, 1.807) is 0 Å². The molecule has 0 atom stereocenters. The van der Waals surface area contributed by atoms with Crippen molar-refractivity contribution in [2.24, 2.45) is 5.92 Å². The van der Waals surface area contributed by atoms with Crippen LogP contribution in [0.2, 0.25) is 0 Å². The minimum atomic E-state index is -3.50. The molecule has 1 fully saturated rings. The van der Waals surface area contributed by atoms with E-state index in [-0.39, 0.29) is 22.1 Å². The number of halogens is 1. The van der Waals surface area contributed by atoms with E-state index >= 15 is 0 Å². The molecule has 0 aliphatic heterocycles. The largest absolute Gasteiger partial charge is 0.352 e. The molecule has 1 aromatic heterocycles. The predicted octanol–water partition coefficient (Wildman–Crippen LogP) is 1.43. The van der Waals surface area contributed by atoms with Crippen molar-refractivity contribution in [1.29, 1.82) is 0 Å². The summed E-state index contributed by atoms with van der Waals surface area (Å²) in [5, 5.41) is 2.64. The van der Waals surface area contributed by atoms with Gasteiger partial charge < -0.3 is 10.3 Å². The molecule has 0 saturated heterocycles. The van der Waals surface area contributed by atoms with Crippen LogP contribution in [0.15, 0.2) is 22.0 Å². The van der Waals surface area contributed by atoms with Crippen LogP contribution in [-0.4, -0.2) is 37.8 Å². The Balaban J connectivity index is 2.07. The Morgan fingerprint density at radius 1 is 1.35 bits per heavy atom. The predicted molar refractivity (Wildman–Crippen MR) is 84.0 cm³/mol.